The van der Waals surface area contributed by atoms with E-state index in [-0.39, 0.29) is 22.8 Å². The van der Waals surface area contributed by atoms with Crippen LogP contribution < -0.4 is 0 Å². The van der Waals surface area contributed by atoms with Crippen molar-refractivity contribution in [2.75, 3.05) is 5.75 Å². The van der Waals surface area contributed by atoms with Crippen LogP contribution in [-0.4, -0.2) is 16.6 Å². The molecule has 0 heterocycles. The number of hydrogen-bond acceptors (Lipinski definition) is 3. The highest BCUT2D eigenvalue weighted by Gasteiger charge is 2.12. The van der Waals surface area contributed by atoms with E-state index >= 15 is 0 Å². The van der Waals surface area contributed by atoms with Crippen LogP contribution in [0.3, 0.4) is 0 Å². The van der Waals surface area contributed by atoms with Crippen LogP contribution in [0.15, 0.2) is 47.4 Å². The van der Waals surface area contributed by atoms with Gasteiger partial charge in [0.2, 0.25) is 0 Å². The fourth-order valence-corrected chi connectivity index (χ4v) is 2.40. The summed E-state index contributed by atoms with van der Waals surface area (Å²) in [7, 11) is 0. The van der Waals surface area contributed by atoms with Gasteiger partial charge in [-0.05, 0) is 42.5 Å². The Hall–Kier alpha value is -1.52. The SMILES string of the molecule is O=C(CSc1ccc(Cl)cc1)c1cc(F)ccc1O. The average molecular weight is 297 g/mol. The van der Waals surface area contributed by atoms with E-state index in [1.54, 1.807) is 24.3 Å². The molecule has 2 aromatic rings. The number of phenols is 1. The average Bonchev–Trinajstić information content (AvgIpc) is 2.40. The zero-order chi connectivity index (χ0) is 13.8. The summed E-state index contributed by atoms with van der Waals surface area (Å²) in [4.78, 5) is 12.8. The number of Topliss-reactive ketones (excluding diaryl/α,β-unsaturated/α-hetero) is 1. The van der Waals surface area contributed by atoms with E-state index in [1.807, 2.05) is 0 Å². The van der Waals surface area contributed by atoms with E-state index in [0.29, 0.717) is 5.02 Å². The summed E-state index contributed by atoms with van der Waals surface area (Å²) < 4.78 is 13.0. The summed E-state index contributed by atoms with van der Waals surface area (Å²) in [6, 6.07) is 10.4. The number of carbonyl (C=O) groups is 1. The lowest BCUT2D eigenvalue weighted by Crippen LogP contribution is -2.03. The number of rotatable bonds is 4. The highest BCUT2D eigenvalue weighted by molar-refractivity contribution is 8.00. The van der Waals surface area contributed by atoms with Gasteiger partial charge in [0.15, 0.2) is 5.78 Å². The first-order chi connectivity index (χ1) is 9.06. The fourth-order valence-electron chi connectivity index (χ4n) is 1.49. The lowest BCUT2D eigenvalue weighted by molar-refractivity contribution is 0.101. The van der Waals surface area contributed by atoms with E-state index in [9.17, 15) is 14.3 Å². The minimum absolute atomic E-state index is 0.00136. The molecule has 0 aliphatic rings. The van der Waals surface area contributed by atoms with Crippen LogP contribution in [0.1, 0.15) is 10.4 Å². The van der Waals surface area contributed by atoms with Gasteiger partial charge in [0.25, 0.3) is 0 Å². The molecule has 0 atom stereocenters. The van der Waals surface area contributed by atoms with Gasteiger partial charge in [0, 0.05) is 9.92 Å². The predicted molar refractivity (Wildman–Crippen MR) is 74.6 cm³/mol. The Bertz CT molecular complexity index is 599. The maximum atomic E-state index is 13.0. The third-order valence-corrected chi connectivity index (χ3v) is 3.71. The highest BCUT2D eigenvalue weighted by Crippen LogP contribution is 2.24. The van der Waals surface area contributed by atoms with Gasteiger partial charge in [-0.2, -0.15) is 0 Å². The maximum absolute atomic E-state index is 13.0. The van der Waals surface area contributed by atoms with Gasteiger partial charge in [-0.25, -0.2) is 4.39 Å². The Balaban J connectivity index is 2.05. The second-order valence-electron chi connectivity index (χ2n) is 3.83. The molecular formula is C14H10ClFO2S. The third-order valence-electron chi connectivity index (χ3n) is 2.44. The molecule has 0 saturated heterocycles. The van der Waals surface area contributed by atoms with Crippen LogP contribution in [0.4, 0.5) is 4.39 Å². The number of halogens is 2. The molecule has 0 bridgehead atoms. The molecule has 1 N–H and O–H groups in total. The van der Waals surface area contributed by atoms with Crippen molar-refractivity contribution in [3.05, 3.63) is 58.9 Å². The number of hydrogen-bond donors (Lipinski definition) is 1. The predicted octanol–water partition coefficient (Wildman–Crippen LogP) is 4.16. The molecule has 0 aliphatic heterocycles. The van der Waals surface area contributed by atoms with Gasteiger partial charge in [0.1, 0.15) is 11.6 Å². The Labute approximate surface area is 119 Å². The minimum Gasteiger partial charge on any atom is -0.507 e. The van der Waals surface area contributed by atoms with Crippen molar-refractivity contribution in [3.8, 4) is 5.75 Å². The summed E-state index contributed by atoms with van der Waals surface area (Å²) >= 11 is 7.06. The maximum Gasteiger partial charge on any atom is 0.176 e. The molecule has 0 aliphatic carbocycles. The van der Waals surface area contributed by atoms with Crippen LogP contribution in [-0.2, 0) is 0 Å². The highest BCUT2D eigenvalue weighted by atomic mass is 35.5. The summed E-state index contributed by atoms with van der Waals surface area (Å²) in [6.07, 6.45) is 0. The lowest BCUT2D eigenvalue weighted by atomic mass is 10.1. The third kappa shape index (κ3) is 3.72. The van der Waals surface area contributed by atoms with E-state index in [1.165, 1.54) is 17.8 Å². The van der Waals surface area contributed by atoms with Crippen LogP contribution in [0.5, 0.6) is 5.75 Å². The topological polar surface area (TPSA) is 37.3 Å². The van der Waals surface area contributed by atoms with E-state index in [4.69, 9.17) is 11.6 Å². The summed E-state index contributed by atoms with van der Waals surface area (Å²) in [6.45, 7) is 0. The minimum atomic E-state index is -0.544. The lowest BCUT2D eigenvalue weighted by Gasteiger charge is -2.04. The molecule has 0 aromatic heterocycles. The van der Waals surface area contributed by atoms with Crippen molar-refractivity contribution >= 4 is 29.1 Å². The van der Waals surface area contributed by atoms with Gasteiger partial charge in [-0.3, -0.25) is 4.79 Å². The number of carbonyl (C=O) groups excluding carboxylic acids is 1. The summed E-state index contributed by atoms with van der Waals surface area (Å²) in [5.41, 5.74) is 0.00136. The summed E-state index contributed by atoms with van der Waals surface area (Å²) in [5, 5.41) is 10.1. The summed E-state index contributed by atoms with van der Waals surface area (Å²) in [5.74, 6) is -0.948. The van der Waals surface area contributed by atoms with Crippen LogP contribution in [0.25, 0.3) is 0 Å². The van der Waals surface area contributed by atoms with Crippen molar-refractivity contribution < 1.29 is 14.3 Å². The Morgan fingerprint density at radius 1 is 1.21 bits per heavy atom. The van der Waals surface area contributed by atoms with Gasteiger partial charge >= 0.3 is 0 Å². The molecule has 0 unspecified atom stereocenters. The molecule has 19 heavy (non-hydrogen) atoms. The van der Waals surface area contributed by atoms with Crippen LogP contribution in [0, 0.1) is 5.82 Å². The van der Waals surface area contributed by atoms with E-state index in [2.05, 4.69) is 0 Å². The fraction of sp³-hybridized carbons (Fsp3) is 0.0714. The molecular weight excluding hydrogens is 287 g/mol. The number of benzene rings is 2. The van der Waals surface area contributed by atoms with Gasteiger partial charge < -0.3 is 5.11 Å². The van der Waals surface area contributed by atoms with Crippen LogP contribution in [0.2, 0.25) is 5.02 Å². The van der Waals surface area contributed by atoms with Crippen molar-refractivity contribution in [1.29, 1.82) is 0 Å². The second kappa shape index (κ2) is 6.08. The number of ketones is 1. The molecule has 2 rings (SSSR count). The van der Waals surface area contributed by atoms with Crippen LogP contribution >= 0.6 is 23.4 Å². The smallest absolute Gasteiger partial charge is 0.176 e. The molecule has 2 nitrogen and oxygen atoms in total. The van der Waals surface area contributed by atoms with Gasteiger partial charge in [0.05, 0.1) is 11.3 Å². The molecule has 2 aromatic carbocycles. The first-order valence-electron chi connectivity index (χ1n) is 5.46. The van der Waals surface area contributed by atoms with Crippen molar-refractivity contribution in [3.63, 3.8) is 0 Å². The molecule has 98 valence electrons. The molecule has 0 saturated carbocycles. The Morgan fingerprint density at radius 2 is 1.89 bits per heavy atom. The van der Waals surface area contributed by atoms with Gasteiger partial charge in [-0.1, -0.05) is 11.6 Å². The zero-order valence-corrected chi connectivity index (χ0v) is 11.3. The standard InChI is InChI=1S/C14H10ClFO2S/c15-9-1-4-11(5-2-9)19-8-14(18)12-7-10(16)3-6-13(12)17/h1-7,17H,8H2. The normalized spacial score (nSPS) is 10.4. The molecule has 0 fully saturated rings. The molecule has 0 radical (unpaired) electrons. The van der Waals surface area contributed by atoms with E-state index < -0.39 is 5.82 Å². The molecule has 5 heteroatoms. The van der Waals surface area contributed by atoms with Crippen molar-refractivity contribution in [1.82, 2.24) is 0 Å². The first kappa shape index (κ1) is 13.9. The second-order valence-corrected chi connectivity index (χ2v) is 5.31. The van der Waals surface area contributed by atoms with Crippen molar-refractivity contribution in [2.24, 2.45) is 0 Å². The monoisotopic (exact) mass is 296 g/mol. The Morgan fingerprint density at radius 3 is 2.58 bits per heavy atom. The number of phenolic OH excluding ortho intramolecular Hbond substituents is 1. The zero-order valence-electron chi connectivity index (χ0n) is 9.77. The molecule has 0 spiro atoms. The number of aromatic hydroxyl groups is 1. The quantitative estimate of drug-likeness (QED) is 0.680. The van der Waals surface area contributed by atoms with E-state index in [0.717, 1.165) is 17.0 Å². The first-order valence-corrected chi connectivity index (χ1v) is 6.83. The molecule has 0 amide bonds. The Kier molecular flexibility index (Phi) is 4.45. The largest absolute Gasteiger partial charge is 0.507 e. The van der Waals surface area contributed by atoms with Gasteiger partial charge in [-0.15, -0.1) is 11.8 Å². The number of thioether (sulfide) groups is 1. The van der Waals surface area contributed by atoms with Crippen molar-refractivity contribution in [2.45, 2.75) is 4.90 Å².